The minimum atomic E-state index is -0.960. The summed E-state index contributed by atoms with van der Waals surface area (Å²) < 4.78 is 4.90. The standard InChI is InChI=1S/C12H19NO4/c1-17-5-4-13(7-11(14)15)12(16)10-6-9(10)8-2-3-8/h8-10H,2-7H2,1H3,(H,14,15)/t9-,10-/m1/s1. The van der Waals surface area contributed by atoms with Crippen molar-refractivity contribution in [2.45, 2.75) is 19.3 Å². The van der Waals surface area contributed by atoms with Gasteiger partial charge in [0.2, 0.25) is 5.91 Å². The van der Waals surface area contributed by atoms with E-state index in [9.17, 15) is 9.59 Å². The Kier molecular flexibility index (Phi) is 3.66. The summed E-state index contributed by atoms with van der Waals surface area (Å²) in [5, 5.41) is 8.79. The van der Waals surface area contributed by atoms with Crippen LogP contribution in [0.4, 0.5) is 0 Å². The molecule has 96 valence electrons. The third kappa shape index (κ3) is 3.19. The molecule has 0 saturated heterocycles. The number of nitrogens with zero attached hydrogens (tertiary/aromatic N) is 1. The van der Waals surface area contributed by atoms with E-state index in [2.05, 4.69) is 0 Å². The first-order chi connectivity index (χ1) is 8.13. The van der Waals surface area contributed by atoms with Crippen molar-refractivity contribution in [2.24, 2.45) is 17.8 Å². The summed E-state index contributed by atoms with van der Waals surface area (Å²) in [5.41, 5.74) is 0. The lowest BCUT2D eigenvalue weighted by Gasteiger charge is -2.20. The van der Waals surface area contributed by atoms with E-state index in [1.54, 1.807) is 7.11 Å². The molecule has 0 aliphatic heterocycles. The van der Waals surface area contributed by atoms with Crippen LogP contribution in [0, 0.1) is 17.8 Å². The smallest absolute Gasteiger partial charge is 0.323 e. The summed E-state index contributed by atoms with van der Waals surface area (Å²) in [6, 6.07) is 0. The number of methoxy groups -OCH3 is 1. The third-order valence-electron chi connectivity index (χ3n) is 3.59. The van der Waals surface area contributed by atoms with Crippen LogP contribution in [-0.2, 0) is 14.3 Å². The molecular weight excluding hydrogens is 222 g/mol. The topological polar surface area (TPSA) is 66.8 Å². The molecule has 5 heteroatoms. The van der Waals surface area contributed by atoms with Crippen LogP contribution >= 0.6 is 0 Å². The molecule has 0 aromatic carbocycles. The highest BCUT2D eigenvalue weighted by Gasteiger charge is 2.52. The van der Waals surface area contributed by atoms with E-state index in [4.69, 9.17) is 9.84 Å². The molecule has 2 saturated carbocycles. The molecule has 5 nitrogen and oxygen atoms in total. The van der Waals surface area contributed by atoms with Gasteiger partial charge >= 0.3 is 5.97 Å². The molecule has 2 atom stereocenters. The van der Waals surface area contributed by atoms with Crippen LogP contribution in [-0.4, -0.2) is 48.7 Å². The van der Waals surface area contributed by atoms with Crippen LogP contribution < -0.4 is 0 Å². The number of amides is 1. The lowest BCUT2D eigenvalue weighted by atomic mass is 10.2. The highest BCUT2D eigenvalue weighted by Crippen LogP contribution is 2.54. The monoisotopic (exact) mass is 241 g/mol. The zero-order valence-corrected chi connectivity index (χ0v) is 10.1. The van der Waals surface area contributed by atoms with Crippen molar-refractivity contribution in [3.8, 4) is 0 Å². The van der Waals surface area contributed by atoms with Gasteiger partial charge in [-0.1, -0.05) is 0 Å². The van der Waals surface area contributed by atoms with Gasteiger partial charge in [0.15, 0.2) is 0 Å². The Morgan fingerprint density at radius 3 is 2.65 bits per heavy atom. The van der Waals surface area contributed by atoms with Crippen molar-refractivity contribution in [1.82, 2.24) is 4.90 Å². The SMILES string of the molecule is COCCN(CC(=O)O)C(=O)[C@@H]1C[C@@H]1C1CC1. The van der Waals surface area contributed by atoms with E-state index >= 15 is 0 Å². The van der Waals surface area contributed by atoms with E-state index < -0.39 is 5.97 Å². The number of hydrogen-bond donors (Lipinski definition) is 1. The maximum absolute atomic E-state index is 12.1. The number of carbonyl (C=O) groups excluding carboxylic acids is 1. The molecule has 0 bridgehead atoms. The van der Waals surface area contributed by atoms with Gasteiger partial charge in [-0.2, -0.15) is 0 Å². The average Bonchev–Trinajstić information content (AvgIpc) is 3.14. The van der Waals surface area contributed by atoms with E-state index in [-0.39, 0.29) is 18.4 Å². The van der Waals surface area contributed by atoms with Crippen LogP contribution in [0.5, 0.6) is 0 Å². The summed E-state index contributed by atoms with van der Waals surface area (Å²) in [6.07, 6.45) is 3.43. The van der Waals surface area contributed by atoms with Gasteiger partial charge in [-0.15, -0.1) is 0 Å². The molecule has 2 aliphatic carbocycles. The minimum Gasteiger partial charge on any atom is -0.480 e. The van der Waals surface area contributed by atoms with Crippen molar-refractivity contribution >= 4 is 11.9 Å². The number of aliphatic carboxylic acids is 1. The van der Waals surface area contributed by atoms with Crippen LogP contribution in [0.25, 0.3) is 0 Å². The van der Waals surface area contributed by atoms with Crippen LogP contribution in [0.15, 0.2) is 0 Å². The third-order valence-corrected chi connectivity index (χ3v) is 3.59. The van der Waals surface area contributed by atoms with Crippen molar-refractivity contribution in [2.75, 3.05) is 26.8 Å². The summed E-state index contributed by atoms with van der Waals surface area (Å²) in [7, 11) is 1.55. The lowest BCUT2D eigenvalue weighted by Crippen LogP contribution is -2.39. The summed E-state index contributed by atoms with van der Waals surface area (Å²) in [5.74, 6) is 0.387. The first-order valence-corrected chi connectivity index (χ1v) is 6.13. The highest BCUT2D eigenvalue weighted by molar-refractivity contribution is 5.85. The molecule has 2 fully saturated rings. The molecule has 1 amide bonds. The summed E-state index contributed by atoms with van der Waals surface area (Å²) in [6.45, 7) is 0.547. The molecule has 0 unspecified atom stereocenters. The highest BCUT2D eigenvalue weighted by atomic mass is 16.5. The van der Waals surface area contributed by atoms with Gasteiger partial charge in [-0.05, 0) is 31.1 Å². The van der Waals surface area contributed by atoms with Gasteiger partial charge in [0, 0.05) is 19.6 Å². The summed E-state index contributed by atoms with van der Waals surface area (Å²) >= 11 is 0. The Morgan fingerprint density at radius 1 is 1.41 bits per heavy atom. The molecule has 2 aliphatic rings. The van der Waals surface area contributed by atoms with Crippen molar-refractivity contribution < 1.29 is 19.4 Å². The average molecular weight is 241 g/mol. The Labute approximate surface area is 101 Å². The number of ether oxygens (including phenoxy) is 1. The second-order valence-electron chi connectivity index (χ2n) is 4.99. The number of carboxylic acids is 1. The Bertz CT molecular complexity index is 314. The summed E-state index contributed by atoms with van der Waals surface area (Å²) in [4.78, 5) is 24.2. The predicted molar refractivity (Wildman–Crippen MR) is 60.4 cm³/mol. The van der Waals surface area contributed by atoms with Gasteiger partial charge in [0.1, 0.15) is 6.54 Å². The van der Waals surface area contributed by atoms with Crippen LogP contribution in [0.2, 0.25) is 0 Å². The fourth-order valence-electron chi connectivity index (χ4n) is 2.41. The Morgan fingerprint density at radius 2 is 2.12 bits per heavy atom. The Hall–Kier alpha value is -1.10. The van der Waals surface area contributed by atoms with Gasteiger partial charge in [0.25, 0.3) is 0 Å². The zero-order valence-electron chi connectivity index (χ0n) is 10.1. The molecule has 0 heterocycles. The van der Waals surface area contributed by atoms with Gasteiger partial charge in [0.05, 0.1) is 6.61 Å². The molecule has 1 N–H and O–H groups in total. The van der Waals surface area contributed by atoms with Crippen LogP contribution in [0.1, 0.15) is 19.3 Å². The molecular formula is C12H19NO4. The molecule has 0 aromatic heterocycles. The quantitative estimate of drug-likeness (QED) is 0.708. The second-order valence-corrected chi connectivity index (χ2v) is 4.99. The molecule has 0 aromatic rings. The first-order valence-electron chi connectivity index (χ1n) is 6.13. The Balaban J connectivity index is 1.85. The van der Waals surface area contributed by atoms with Crippen LogP contribution in [0.3, 0.4) is 0 Å². The number of hydrogen-bond acceptors (Lipinski definition) is 3. The fraction of sp³-hybridized carbons (Fsp3) is 0.833. The molecule has 0 spiro atoms. The number of rotatable bonds is 7. The van der Waals surface area contributed by atoms with E-state index in [1.165, 1.54) is 17.7 Å². The van der Waals surface area contributed by atoms with E-state index in [0.717, 1.165) is 12.3 Å². The van der Waals surface area contributed by atoms with E-state index in [0.29, 0.717) is 19.1 Å². The zero-order chi connectivity index (χ0) is 12.4. The largest absolute Gasteiger partial charge is 0.480 e. The minimum absolute atomic E-state index is 0.00125. The maximum atomic E-state index is 12.1. The van der Waals surface area contributed by atoms with Gasteiger partial charge < -0.3 is 14.7 Å². The van der Waals surface area contributed by atoms with Crippen molar-refractivity contribution in [1.29, 1.82) is 0 Å². The lowest BCUT2D eigenvalue weighted by molar-refractivity contribution is -0.145. The first kappa shape index (κ1) is 12.4. The normalized spacial score (nSPS) is 26.6. The van der Waals surface area contributed by atoms with Gasteiger partial charge in [-0.3, -0.25) is 9.59 Å². The predicted octanol–water partition coefficient (Wildman–Crippen LogP) is 0.592. The fourth-order valence-corrected chi connectivity index (χ4v) is 2.41. The molecule has 2 rings (SSSR count). The second kappa shape index (κ2) is 5.04. The number of carboxylic acid groups (broad SMARTS) is 1. The van der Waals surface area contributed by atoms with E-state index in [1.807, 2.05) is 0 Å². The van der Waals surface area contributed by atoms with Crippen molar-refractivity contribution in [3.63, 3.8) is 0 Å². The molecule has 0 radical (unpaired) electrons. The maximum Gasteiger partial charge on any atom is 0.323 e. The number of carbonyl (C=O) groups is 2. The van der Waals surface area contributed by atoms with Crippen molar-refractivity contribution in [3.05, 3.63) is 0 Å². The van der Waals surface area contributed by atoms with Gasteiger partial charge in [-0.25, -0.2) is 0 Å². The molecule has 17 heavy (non-hydrogen) atoms.